The monoisotopic (exact) mass is 585 g/mol. The maximum Gasteiger partial charge on any atom is 0.264 e. The summed E-state index contributed by atoms with van der Waals surface area (Å²) < 4.78 is 34.6. The van der Waals surface area contributed by atoms with Crippen LogP contribution in [0, 0.1) is 0 Å². The van der Waals surface area contributed by atoms with Crippen LogP contribution >= 0.6 is 0 Å². The number of carbonyl (C=O) groups is 2. The van der Waals surface area contributed by atoms with Crippen LogP contribution in [0.25, 0.3) is 0 Å². The molecule has 1 N–H and O–H groups in total. The summed E-state index contributed by atoms with van der Waals surface area (Å²) in [5.74, 6) is -0.312. The molecule has 0 aliphatic carbocycles. The number of nitrogens with one attached hydrogen (secondary N) is 1. The molecule has 0 aliphatic heterocycles. The van der Waals surface area contributed by atoms with E-state index in [1.165, 1.54) is 24.1 Å². The van der Waals surface area contributed by atoms with Gasteiger partial charge in [0.25, 0.3) is 10.0 Å². The van der Waals surface area contributed by atoms with Gasteiger partial charge >= 0.3 is 0 Å². The Labute approximate surface area is 247 Å². The first-order chi connectivity index (χ1) is 20.3. The first-order valence-electron chi connectivity index (χ1n) is 13.7. The second-order valence-electron chi connectivity index (χ2n) is 9.58. The third kappa shape index (κ3) is 7.55. The molecule has 0 saturated heterocycles. The number of ether oxygens (including phenoxy) is 1. The van der Waals surface area contributed by atoms with E-state index in [0.29, 0.717) is 18.0 Å². The largest absolute Gasteiger partial charge is 0.494 e. The maximum atomic E-state index is 14.2. The molecule has 0 saturated carbocycles. The van der Waals surface area contributed by atoms with Gasteiger partial charge in [-0.05, 0) is 54.4 Å². The maximum absolute atomic E-state index is 14.2. The van der Waals surface area contributed by atoms with E-state index < -0.39 is 28.5 Å². The van der Waals surface area contributed by atoms with Gasteiger partial charge in [-0.3, -0.25) is 13.9 Å². The second-order valence-corrected chi connectivity index (χ2v) is 11.4. The lowest BCUT2D eigenvalue weighted by molar-refractivity contribution is -0.139. The zero-order chi connectivity index (χ0) is 30.0. The summed E-state index contributed by atoms with van der Waals surface area (Å²) in [6, 6.07) is 32.5. The van der Waals surface area contributed by atoms with Crippen LogP contribution in [0.1, 0.15) is 18.1 Å². The van der Waals surface area contributed by atoms with Crippen LogP contribution in [-0.4, -0.2) is 51.4 Å². The first-order valence-corrected chi connectivity index (χ1v) is 15.2. The van der Waals surface area contributed by atoms with Crippen molar-refractivity contribution in [1.82, 2.24) is 10.2 Å². The molecule has 0 bridgehead atoms. The minimum absolute atomic E-state index is 0.0179. The fraction of sp³-hybridized carbons (Fsp3) is 0.212. The normalized spacial score (nSPS) is 11.8. The van der Waals surface area contributed by atoms with E-state index in [4.69, 9.17) is 4.74 Å². The van der Waals surface area contributed by atoms with Crippen LogP contribution in [0.3, 0.4) is 0 Å². The van der Waals surface area contributed by atoms with E-state index >= 15 is 0 Å². The number of nitrogens with zero attached hydrogens (tertiary/aromatic N) is 2. The van der Waals surface area contributed by atoms with Crippen LogP contribution in [0.5, 0.6) is 5.75 Å². The Morgan fingerprint density at radius 1 is 0.786 bits per heavy atom. The topological polar surface area (TPSA) is 96.0 Å². The molecule has 4 aromatic carbocycles. The summed E-state index contributed by atoms with van der Waals surface area (Å²) >= 11 is 0. The molecule has 0 aromatic heterocycles. The SMILES string of the molecule is CCOc1ccc(S(=O)(=O)N(CC(=O)N(Cc2ccccc2)[C@H](Cc2ccccc2)C(=O)NC)c2ccccc2)cc1. The summed E-state index contributed by atoms with van der Waals surface area (Å²) in [6.45, 7) is 1.91. The molecule has 4 aromatic rings. The summed E-state index contributed by atoms with van der Waals surface area (Å²) in [4.78, 5) is 29.0. The van der Waals surface area contributed by atoms with E-state index in [1.807, 2.05) is 67.6 Å². The number of carbonyl (C=O) groups excluding carboxylic acids is 2. The molecule has 0 aliphatic rings. The fourth-order valence-electron chi connectivity index (χ4n) is 4.63. The minimum Gasteiger partial charge on any atom is -0.494 e. The third-order valence-corrected chi connectivity index (χ3v) is 8.55. The first kappa shape index (κ1) is 30.3. The Morgan fingerprint density at radius 3 is 1.88 bits per heavy atom. The molecule has 9 heteroatoms. The molecule has 8 nitrogen and oxygen atoms in total. The number of hydrogen-bond acceptors (Lipinski definition) is 5. The fourth-order valence-corrected chi connectivity index (χ4v) is 6.04. The van der Waals surface area contributed by atoms with E-state index in [-0.39, 0.29) is 23.8 Å². The highest BCUT2D eigenvalue weighted by Crippen LogP contribution is 2.26. The van der Waals surface area contributed by atoms with Gasteiger partial charge in [0.1, 0.15) is 18.3 Å². The standard InChI is InChI=1S/C33H35N3O5S/c1-3-41-29-19-21-30(22-20-29)42(39,40)36(28-17-11-6-12-18-28)25-32(37)35(24-27-15-9-5-10-16-27)31(33(38)34-2)23-26-13-7-4-8-14-26/h4-22,31H,3,23-25H2,1-2H3,(H,34,38)/t31-/m1/s1. The predicted molar refractivity (Wildman–Crippen MR) is 164 cm³/mol. The minimum atomic E-state index is -4.17. The summed E-state index contributed by atoms with van der Waals surface area (Å²) in [6.07, 6.45) is 0.260. The molecule has 1 atom stereocenters. The number of anilines is 1. The lowest BCUT2D eigenvalue weighted by Gasteiger charge is -2.33. The lowest BCUT2D eigenvalue weighted by atomic mass is 10.0. The Bertz CT molecular complexity index is 1550. The van der Waals surface area contributed by atoms with Crippen LogP contribution in [0.4, 0.5) is 5.69 Å². The number of amides is 2. The second kappa shape index (κ2) is 14.3. The van der Waals surface area contributed by atoms with Gasteiger partial charge in [-0.15, -0.1) is 0 Å². The van der Waals surface area contributed by atoms with Gasteiger partial charge in [0.05, 0.1) is 17.2 Å². The van der Waals surface area contributed by atoms with Gasteiger partial charge in [-0.25, -0.2) is 8.42 Å². The van der Waals surface area contributed by atoms with Crippen LogP contribution in [-0.2, 0) is 32.6 Å². The number of likely N-dealkylation sites (N-methyl/N-ethyl adjacent to an activating group) is 1. The Kier molecular flexibility index (Phi) is 10.3. The van der Waals surface area contributed by atoms with Gasteiger partial charge in [0.15, 0.2) is 0 Å². The molecular weight excluding hydrogens is 550 g/mol. The van der Waals surface area contributed by atoms with Crippen LogP contribution < -0.4 is 14.4 Å². The zero-order valence-corrected chi connectivity index (χ0v) is 24.5. The van der Waals surface area contributed by atoms with Crippen molar-refractivity contribution in [2.45, 2.75) is 30.8 Å². The highest BCUT2D eigenvalue weighted by atomic mass is 32.2. The smallest absolute Gasteiger partial charge is 0.264 e. The van der Waals surface area contributed by atoms with E-state index in [9.17, 15) is 18.0 Å². The Hall–Kier alpha value is -4.63. The lowest BCUT2D eigenvalue weighted by Crippen LogP contribution is -2.53. The van der Waals surface area contributed by atoms with Crippen LogP contribution in [0.2, 0.25) is 0 Å². The number of sulfonamides is 1. The summed E-state index contributed by atoms with van der Waals surface area (Å²) in [5.41, 5.74) is 2.02. The van der Waals surface area contributed by atoms with Gasteiger partial charge in [0.2, 0.25) is 11.8 Å². The molecule has 0 spiro atoms. The molecule has 0 unspecified atom stereocenters. The molecule has 0 heterocycles. The molecule has 0 radical (unpaired) electrons. The van der Waals surface area contributed by atoms with Crippen molar-refractivity contribution in [1.29, 1.82) is 0 Å². The van der Waals surface area contributed by atoms with Gasteiger partial charge in [0, 0.05) is 20.0 Å². The third-order valence-electron chi connectivity index (χ3n) is 6.76. The molecule has 42 heavy (non-hydrogen) atoms. The molecular formula is C33H35N3O5S. The number of benzene rings is 4. The van der Waals surface area contributed by atoms with Crippen molar-refractivity contribution in [2.24, 2.45) is 0 Å². The number of hydrogen-bond donors (Lipinski definition) is 1. The number of rotatable bonds is 13. The van der Waals surface area contributed by atoms with E-state index in [1.54, 1.807) is 42.5 Å². The Balaban J connectivity index is 1.74. The van der Waals surface area contributed by atoms with E-state index in [2.05, 4.69) is 5.32 Å². The van der Waals surface area contributed by atoms with Crippen molar-refractivity contribution in [3.63, 3.8) is 0 Å². The zero-order valence-electron chi connectivity index (χ0n) is 23.7. The highest BCUT2D eigenvalue weighted by Gasteiger charge is 2.34. The number of para-hydroxylation sites is 1. The Morgan fingerprint density at radius 2 is 1.33 bits per heavy atom. The van der Waals surface area contributed by atoms with Gasteiger partial charge < -0.3 is 15.0 Å². The average Bonchev–Trinajstić information content (AvgIpc) is 3.03. The van der Waals surface area contributed by atoms with Crippen molar-refractivity contribution in [2.75, 3.05) is 24.5 Å². The quantitative estimate of drug-likeness (QED) is 0.246. The van der Waals surface area contributed by atoms with Gasteiger partial charge in [-0.1, -0.05) is 78.9 Å². The average molecular weight is 586 g/mol. The molecule has 218 valence electrons. The van der Waals surface area contributed by atoms with Crippen molar-refractivity contribution >= 4 is 27.5 Å². The van der Waals surface area contributed by atoms with Crippen molar-refractivity contribution in [3.8, 4) is 5.75 Å². The van der Waals surface area contributed by atoms with Gasteiger partial charge in [-0.2, -0.15) is 0 Å². The van der Waals surface area contributed by atoms with Crippen molar-refractivity contribution < 1.29 is 22.7 Å². The van der Waals surface area contributed by atoms with E-state index in [0.717, 1.165) is 15.4 Å². The van der Waals surface area contributed by atoms with Crippen molar-refractivity contribution in [3.05, 3.63) is 126 Å². The highest BCUT2D eigenvalue weighted by molar-refractivity contribution is 7.92. The molecule has 0 fully saturated rings. The summed E-state index contributed by atoms with van der Waals surface area (Å²) in [5, 5.41) is 2.69. The summed E-state index contributed by atoms with van der Waals surface area (Å²) in [7, 11) is -2.64. The molecule has 2 amide bonds. The van der Waals surface area contributed by atoms with Crippen LogP contribution in [0.15, 0.2) is 120 Å². The molecule has 4 rings (SSSR count). The predicted octanol–water partition coefficient (Wildman–Crippen LogP) is 4.67.